The zero-order valence-corrected chi connectivity index (χ0v) is 30.0. The van der Waals surface area contributed by atoms with Crippen LogP contribution in [0.4, 0.5) is 0 Å². The maximum Gasteiger partial charge on any atom is 0.0642 e. The van der Waals surface area contributed by atoms with Gasteiger partial charge in [0.2, 0.25) is 0 Å². The van der Waals surface area contributed by atoms with Crippen LogP contribution >= 0.6 is 68.0 Å². The summed E-state index contributed by atoms with van der Waals surface area (Å²) in [7, 11) is 0. The Morgan fingerprint density at radius 3 is 1.25 bits per heavy atom. The van der Waals surface area contributed by atoms with Crippen molar-refractivity contribution in [2.24, 2.45) is 0 Å². The summed E-state index contributed by atoms with van der Waals surface area (Å²) in [5.41, 5.74) is 3.33. The van der Waals surface area contributed by atoms with Gasteiger partial charge in [0, 0.05) is 40.3 Å². The average molecular weight is 683 g/mol. The van der Waals surface area contributed by atoms with Gasteiger partial charge in [0.05, 0.1) is 37.6 Å². The molecule has 3 aromatic carbocycles. The molecular weight excluding hydrogens is 649 g/mol. The van der Waals surface area contributed by atoms with Crippen molar-refractivity contribution >= 4 is 146 Å². The van der Waals surface area contributed by atoms with Gasteiger partial charge < -0.3 is 0 Å². The van der Waals surface area contributed by atoms with Crippen LogP contribution in [0.5, 0.6) is 0 Å². The Morgan fingerprint density at radius 1 is 0.386 bits per heavy atom. The third kappa shape index (κ3) is 4.21. The molecule has 0 aliphatic heterocycles. The quantitative estimate of drug-likeness (QED) is 0.126. The second-order valence-corrected chi connectivity index (χ2v) is 18.4. The summed E-state index contributed by atoms with van der Waals surface area (Å²) in [4.78, 5) is 0. The van der Waals surface area contributed by atoms with Crippen LogP contribution in [0.3, 0.4) is 0 Å². The van der Waals surface area contributed by atoms with Crippen molar-refractivity contribution in [3.8, 4) is 0 Å². The van der Waals surface area contributed by atoms with Crippen molar-refractivity contribution in [2.75, 3.05) is 0 Å². The van der Waals surface area contributed by atoms with Crippen LogP contribution in [0, 0.1) is 0 Å². The number of aryl methyl sites for hydroxylation is 2. The molecule has 0 nitrogen and oxygen atoms in total. The summed E-state index contributed by atoms with van der Waals surface area (Å²) in [6.07, 6.45) is 12.9. The molecule has 0 bridgehead atoms. The summed E-state index contributed by atoms with van der Waals surface area (Å²) in [6, 6.07) is 18.1. The second-order valence-electron chi connectivity index (χ2n) is 12.2. The standard InChI is InChI=1S/C38H34S6/c1-3-5-7-9-17-23-27-30(42-37-33(27)43-31-21-15-11-13-19-25(21)39-35(31)37)24(18-10-8-6-4-2)28-29(23)41-38-34(28)44-32-22-16-12-14-20-26(22)40-36(32)38/h11-16,19-20H,3-10,17-18H2,1-2H3. The lowest BCUT2D eigenvalue weighted by atomic mass is 9.95. The molecular formula is C38H34S6. The van der Waals surface area contributed by atoms with Crippen LogP contribution in [0.2, 0.25) is 0 Å². The monoisotopic (exact) mass is 682 g/mol. The topological polar surface area (TPSA) is 0 Å². The Bertz CT molecular complexity index is 2310. The summed E-state index contributed by atoms with van der Waals surface area (Å²) in [6.45, 7) is 4.66. The fourth-order valence-electron chi connectivity index (χ4n) is 7.21. The first-order valence-corrected chi connectivity index (χ1v) is 21.1. The predicted octanol–water partition coefficient (Wildman–Crippen LogP) is 15.5. The van der Waals surface area contributed by atoms with E-state index in [2.05, 4.69) is 108 Å². The Labute approximate surface area is 281 Å². The lowest BCUT2D eigenvalue weighted by Gasteiger charge is -2.12. The summed E-state index contributed by atoms with van der Waals surface area (Å²) in [5, 5.41) is 6.14. The molecule has 0 saturated heterocycles. The van der Waals surface area contributed by atoms with E-state index in [1.165, 1.54) is 103 Å². The first-order valence-electron chi connectivity index (χ1n) is 16.2. The molecule has 0 amide bonds. The highest BCUT2D eigenvalue weighted by atomic mass is 32.1. The van der Waals surface area contributed by atoms with Gasteiger partial charge in [0.25, 0.3) is 0 Å². The molecule has 9 aromatic rings. The fraction of sp³-hybridized carbons (Fsp3) is 0.316. The molecule has 44 heavy (non-hydrogen) atoms. The number of hydrogen-bond donors (Lipinski definition) is 0. The molecule has 0 spiro atoms. The number of rotatable bonds is 10. The van der Waals surface area contributed by atoms with Gasteiger partial charge in [-0.3, -0.25) is 0 Å². The third-order valence-electron chi connectivity index (χ3n) is 9.36. The predicted molar refractivity (Wildman–Crippen MR) is 209 cm³/mol. The van der Waals surface area contributed by atoms with Crippen LogP contribution in [-0.4, -0.2) is 0 Å². The maximum absolute atomic E-state index is 2.34. The van der Waals surface area contributed by atoms with Gasteiger partial charge in [-0.15, -0.1) is 68.0 Å². The SMILES string of the molecule is CCCCCCc1c2sc3c4sc5ccccc5c4sc3c2c(CCCCCC)c2sc3c4sc5ccccc5c4sc3c12. The minimum atomic E-state index is 1.20. The van der Waals surface area contributed by atoms with Gasteiger partial charge in [0.15, 0.2) is 0 Å². The van der Waals surface area contributed by atoms with Crippen LogP contribution in [-0.2, 0) is 12.8 Å². The van der Waals surface area contributed by atoms with Gasteiger partial charge in [-0.2, -0.15) is 0 Å². The Kier molecular flexibility index (Phi) is 7.25. The van der Waals surface area contributed by atoms with Gasteiger partial charge in [-0.05, 0) is 48.9 Å². The first kappa shape index (κ1) is 28.2. The molecule has 9 rings (SSSR count). The van der Waals surface area contributed by atoms with Gasteiger partial charge in [0.1, 0.15) is 0 Å². The lowest BCUT2D eigenvalue weighted by molar-refractivity contribution is 0.668. The van der Waals surface area contributed by atoms with Gasteiger partial charge in [-0.25, -0.2) is 0 Å². The van der Waals surface area contributed by atoms with E-state index < -0.39 is 0 Å². The van der Waals surface area contributed by atoms with E-state index in [1.807, 2.05) is 22.7 Å². The molecule has 0 unspecified atom stereocenters. The summed E-state index contributed by atoms with van der Waals surface area (Å²) >= 11 is 12.5. The first-order chi connectivity index (χ1) is 21.8. The molecule has 0 radical (unpaired) electrons. The van der Waals surface area contributed by atoms with Crippen LogP contribution in [0.15, 0.2) is 48.5 Å². The van der Waals surface area contributed by atoms with Crippen molar-refractivity contribution in [3.05, 3.63) is 59.7 Å². The summed E-state index contributed by atoms with van der Waals surface area (Å²) < 4.78 is 18.4. The molecule has 6 aromatic heterocycles. The lowest BCUT2D eigenvalue weighted by Crippen LogP contribution is -1.93. The Morgan fingerprint density at radius 2 is 0.795 bits per heavy atom. The van der Waals surface area contributed by atoms with E-state index >= 15 is 0 Å². The number of fused-ring (bicyclic) bond motifs is 14. The highest BCUT2D eigenvalue weighted by Gasteiger charge is 2.27. The summed E-state index contributed by atoms with van der Waals surface area (Å²) in [5.74, 6) is 0. The van der Waals surface area contributed by atoms with Crippen LogP contribution in [0.25, 0.3) is 77.9 Å². The Hall–Kier alpha value is -2.06. The zero-order chi connectivity index (χ0) is 29.4. The average Bonchev–Trinajstić information content (AvgIpc) is 3.86. The van der Waals surface area contributed by atoms with E-state index in [4.69, 9.17) is 0 Å². The molecule has 0 saturated carbocycles. The number of unbranched alkanes of at least 4 members (excludes halogenated alkanes) is 6. The van der Waals surface area contributed by atoms with E-state index in [0.717, 1.165) is 0 Å². The number of thiophene rings is 6. The van der Waals surface area contributed by atoms with E-state index in [-0.39, 0.29) is 0 Å². The minimum Gasteiger partial charge on any atom is -0.133 e. The van der Waals surface area contributed by atoms with Crippen LogP contribution in [0.1, 0.15) is 76.3 Å². The molecule has 0 fully saturated rings. The normalized spacial score (nSPS) is 12.8. The van der Waals surface area contributed by atoms with Crippen molar-refractivity contribution in [2.45, 2.75) is 78.1 Å². The van der Waals surface area contributed by atoms with Crippen molar-refractivity contribution in [1.29, 1.82) is 0 Å². The van der Waals surface area contributed by atoms with Crippen molar-refractivity contribution in [3.63, 3.8) is 0 Å². The maximum atomic E-state index is 2.34. The minimum absolute atomic E-state index is 1.20. The molecule has 0 aliphatic carbocycles. The molecule has 222 valence electrons. The van der Waals surface area contributed by atoms with Gasteiger partial charge >= 0.3 is 0 Å². The zero-order valence-electron chi connectivity index (χ0n) is 25.1. The van der Waals surface area contributed by atoms with Crippen molar-refractivity contribution < 1.29 is 0 Å². The largest absolute Gasteiger partial charge is 0.133 e. The Balaban J connectivity index is 1.38. The molecule has 0 atom stereocenters. The van der Waals surface area contributed by atoms with Gasteiger partial charge in [-0.1, -0.05) is 88.8 Å². The highest BCUT2D eigenvalue weighted by molar-refractivity contribution is 7.45. The molecule has 0 N–H and O–H groups in total. The second kappa shape index (κ2) is 11.3. The smallest absolute Gasteiger partial charge is 0.0642 e. The van der Waals surface area contributed by atoms with E-state index in [0.29, 0.717) is 0 Å². The molecule has 0 aliphatic rings. The van der Waals surface area contributed by atoms with Crippen LogP contribution < -0.4 is 0 Å². The van der Waals surface area contributed by atoms with E-state index in [1.54, 1.807) is 50.1 Å². The number of benzene rings is 3. The third-order valence-corrected chi connectivity index (χ3v) is 17.5. The van der Waals surface area contributed by atoms with Crippen molar-refractivity contribution in [1.82, 2.24) is 0 Å². The highest BCUT2D eigenvalue weighted by Crippen LogP contribution is 2.57. The number of hydrogen-bond acceptors (Lipinski definition) is 6. The molecule has 6 heterocycles. The fourth-order valence-corrected chi connectivity index (χ4v) is 16.2. The van der Waals surface area contributed by atoms with E-state index in [9.17, 15) is 0 Å². The molecule has 6 heteroatoms.